The van der Waals surface area contributed by atoms with E-state index in [1.165, 1.54) is 0 Å². The molecule has 3 aromatic carbocycles. The Morgan fingerprint density at radius 1 is 0.500 bits per heavy atom. The number of carbonyl (C=O) groups excluding carboxylic acids is 6. The SMILES string of the molecule is CC(=O)Oc1cc(OC(C)=O)cc(C(=O)Nc2cc(NC(=O)c3cc(OC(C)=O)cc(OC(C)=O)c3)cc(C(F)(F)F)c2)c1. The fourth-order valence-corrected chi connectivity index (χ4v) is 3.65. The summed E-state index contributed by atoms with van der Waals surface area (Å²) in [4.78, 5) is 71.6. The summed E-state index contributed by atoms with van der Waals surface area (Å²) in [7, 11) is 0. The van der Waals surface area contributed by atoms with Gasteiger partial charge in [0, 0.05) is 62.3 Å². The van der Waals surface area contributed by atoms with Crippen LogP contribution in [-0.2, 0) is 25.4 Å². The van der Waals surface area contributed by atoms with E-state index >= 15 is 0 Å². The Balaban J connectivity index is 1.97. The van der Waals surface area contributed by atoms with Gasteiger partial charge in [0.05, 0.1) is 5.56 Å². The number of carbonyl (C=O) groups is 6. The standard InChI is InChI=1S/C29H23F3N2O10/c1-14(35)41-23-5-18(6-24(12-23)42-15(2)36)27(39)33-21-9-20(29(30,31)32)10-22(11-21)34-28(40)19-7-25(43-16(3)37)13-26(8-19)44-17(4)38/h5-13H,1-4H3,(H,33,39)(H,34,40). The fourth-order valence-electron chi connectivity index (χ4n) is 3.65. The minimum atomic E-state index is -4.91. The number of ether oxygens (including phenoxy) is 4. The van der Waals surface area contributed by atoms with Gasteiger partial charge < -0.3 is 29.6 Å². The van der Waals surface area contributed by atoms with Gasteiger partial charge in [0.25, 0.3) is 11.8 Å². The molecule has 0 saturated heterocycles. The van der Waals surface area contributed by atoms with Crippen LogP contribution in [0.2, 0.25) is 0 Å². The number of hydrogen-bond acceptors (Lipinski definition) is 10. The highest BCUT2D eigenvalue weighted by molar-refractivity contribution is 6.07. The molecule has 0 aromatic heterocycles. The highest BCUT2D eigenvalue weighted by Crippen LogP contribution is 2.34. The molecule has 0 fully saturated rings. The average Bonchev–Trinajstić information content (AvgIpc) is 2.86. The first-order chi connectivity index (χ1) is 20.5. The van der Waals surface area contributed by atoms with E-state index in [4.69, 9.17) is 18.9 Å². The lowest BCUT2D eigenvalue weighted by molar-refractivity contribution is -0.137. The molecule has 2 N–H and O–H groups in total. The maximum Gasteiger partial charge on any atom is 0.416 e. The molecular formula is C29H23F3N2O10. The number of hydrogen-bond donors (Lipinski definition) is 2. The topological polar surface area (TPSA) is 163 Å². The average molecular weight is 617 g/mol. The summed E-state index contributed by atoms with van der Waals surface area (Å²) in [6.45, 7) is 4.34. The Labute approximate surface area is 247 Å². The van der Waals surface area contributed by atoms with Gasteiger partial charge in [0.15, 0.2) is 0 Å². The molecule has 2 amide bonds. The summed E-state index contributed by atoms with van der Waals surface area (Å²) < 4.78 is 61.0. The van der Waals surface area contributed by atoms with E-state index in [0.717, 1.165) is 70.2 Å². The van der Waals surface area contributed by atoms with Crippen molar-refractivity contribution in [2.75, 3.05) is 10.6 Å². The van der Waals surface area contributed by atoms with Crippen molar-refractivity contribution in [1.82, 2.24) is 0 Å². The molecule has 230 valence electrons. The van der Waals surface area contributed by atoms with E-state index in [-0.39, 0.29) is 34.1 Å². The van der Waals surface area contributed by atoms with Gasteiger partial charge in [0.2, 0.25) is 0 Å². The Morgan fingerprint density at radius 2 is 0.795 bits per heavy atom. The molecule has 12 nitrogen and oxygen atoms in total. The molecule has 44 heavy (non-hydrogen) atoms. The Morgan fingerprint density at radius 3 is 1.05 bits per heavy atom. The molecule has 0 bridgehead atoms. The fraction of sp³-hybridized carbons (Fsp3) is 0.172. The van der Waals surface area contributed by atoms with Gasteiger partial charge in [-0.25, -0.2) is 0 Å². The number of alkyl halides is 3. The molecule has 0 heterocycles. The van der Waals surface area contributed by atoms with Crippen molar-refractivity contribution in [2.24, 2.45) is 0 Å². The molecule has 0 aliphatic heterocycles. The van der Waals surface area contributed by atoms with Crippen LogP contribution in [0.3, 0.4) is 0 Å². The molecule has 0 atom stereocenters. The first-order valence-electron chi connectivity index (χ1n) is 12.4. The summed E-state index contributed by atoms with van der Waals surface area (Å²) in [5, 5.41) is 4.52. The van der Waals surface area contributed by atoms with Crippen molar-refractivity contribution < 1.29 is 60.9 Å². The summed E-state index contributed by atoms with van der Waals surface area (Å²) in [6.07, 6.45) is -4.91. The van der Waals surface area contributed by atoms with Crippen LogP contribution in [0.15, 0.2) is 54.6 Å². The van der Waals surface area contributed by atoms with Gasteiger partial charge in [-0.05, 0) is 42.5 Å². The zero-order chi connectivity index (χ0) is 32.8. The van der Waals surface area contributed by atoms with Crippen molar-refractivity contribution in [2.45, 2.75) is 33.9 Å². The van der Waals surface area contributed by atoms with Crippen LogP contribution in [0.1, 0.15) is 54.0 Å². The van der Waals surface area contributed by atoms with Gasteiger partial charge in [-0.3, -0.25) is 28.8 Å². The molecule has 0 saturated carbocycles. The Kier molecular flexibility index (Phi) is 10.1. The second-order valence-electron chi connectivity index (χ2n) is 8.97. The minimum Gasteiger partial charge on any atom is -0.427 e. The van der Waals surface area contributed by atoms with Crippen molar-refractivity contribution in [1.29, 1.82) is 0 Å². The molecule has 0 spiro atoms. The number of esters is 4. The molecule has 0 unspecified atom stereocenters. The molecule has 0 aliphatic rings. The van der Waals surface area contributed by atoms with Crippen molar-refractivity contribution in [3.05, 3.63) is 71.3 Å². The predicted octanol–water partition coefficient (Wildman–Crippen LogP) is 4.91. The van der Waals surface area contributed by atoms with Gasteiger partial charge in [0.1, 0.15) is 23.0 Å². The van der Waals surface area contributed by atoms with Crippen LogP contribution in [0.4, 0.5) is 24.5 Å². The molecule has 3 rings (SSSR count). The highest BCUT2D eigenvalue weighted by atomic mass is 19.4. The van der Waals surface area contributed by atoms with Gasteiger partial charge in [-0.1, -0.05) is 0 Å². The maximum absolute atomic E-state index is 13.7. The second kappa shape index (κ2) is 13.5. The minimum absolute atomic E-state index is 0.178. The summed E-state index contributed by atoms with van der Waals surface area (Å²) in [5.74, 6) is -5.70. The maximum atomic E-state index is 13.7. The van der Waals surface area contributed by atoms with Crippen LogP contribution in [0.25, 0.3) is 0 Å². The molecule has 15 heteroatoms. The van der Waals surface area contributed by atoms with E-state index in [9.17, 15) is 41.9 Å². The lowest BCUT2D eigenvalue weighted by Gasteiger charge is -2.15. The Bertz CT molecular complexity index is 1490. The molecule has 0 radical (unpaired) electrons. The normalized spacial score (nSPS) is 10.7. The predicted molar refractivity (Wildman–Crippen MR) is 145 cm³/mol. The third kappa shape index (κ3) is 9.68. The number of amides is 2. The Hall–Kier alpha value is -5.73. The number of halogens is 3. The quantitative estimate of drug-likeness (QED) is 0.263. The number of anilines is 2. The molecule has 3 aromatic rings. The highest BCUT2D eigenvalue weighted by Gasteiger charge is 2.32. The third-order valence-corrected chi connectivity index (χ3v) is 5.11. The molecule has 0 aliphatic carbocycles. The lowest BCUT2D eigenvalue weighted by Crippen LogP contribution is -2.17. The van der Waals surface area contributed by atoms with E-state index in [2.05, 4.69) is 10.6 Å². The second-order valence-corrected chi connectivity index (χ2v) is 8.97. The first-order valence-corrected chi connectivity index (χ1v) is 12.4. The van der Waals surface area contributed by atoms with Gasteiger partial charge in [-0.2, -0.15) is 13.2 Å². The summed E-state index contributed by atoms with van der Waals surface area (Å²) in [6, 6.07) is 8.92. The zero-order valence-corrected chi connectivity index (χ0v) is 23.4. The lowest BCUT2D eigenvalue weighted by atomic mass is 10.1. The summed E-state index contributed by atoms with van der Waals surface area (Å²) >= 11 is 0. The van der Waals surface area contributed by atoms with E-state index in [0.29, 0.717) is 12.1 Å². The van der Waals surface area contributed by atoms with Crippen LogP contribution in [-0.4, -0.2) is 35.7 Å². The van der Waals surface area contributed by atoms with E-state index in [1.54, 1.807) is 0 Å². The van der Waals surface area contributed by atoms with E-state index < -0.39 is 58.8 Å². The smallest absolute Gasteiger partial charge is 0.416 e. The van der Waals surface area contributed by atoms with Gasteiger partial charge in [-0.15, -0.1) is 0 Å². The van der Waals surface area contributed by atoms with Gasteiger partial charge >= 0.3 is 30.1 Å². The monoisotopic (exact) mass is 616 g/mol. The van der Waals surface area contributed by atoms with Crippen LogP contribution < -0.4 is 29.6 Å². The van der Waals surface area contributed by atoms with E-state index in [1.807, 2.05) is 0 Å². The first kappa shape index (κ1) is 32.8. The van der Waals surface area contributed by atoms with Crippen molar-refractivity contribution in [3.8, 4) is 23.0 Å². The largest absolute Gasteiger partial charge is 0.427 e. The zero-order valence-electron chi connectivity index (χ0n) is 23.4. The van der Waals surface area contributed by atoms with Crippen LogP contribution >= 0.6 is 0 Å². The van der Waals surface area contributed by atoms with Crippen LogP contribution in [0.5, 0.6) is 23.0 Å². The molecular weight excluding hydrogens is 593 g/mol. The number of benzene rings is 3. The summed E-state index contributed by atoms with van der Waals surface area (Å²) in [5.41, 5.74) is -2.54. The number of nitrogens with one attached hydrogen (secondary N) is 2. The van der Waals surface area contributed by atoms with Crippen molar-refractivity contribution in [3.63, 3.8) is 0 Å². The van der Waals surface area contributed by atoms with Crippen LogP contribution in [0, 0.1) is 0 Å². The number of rotatable bonds is 8. The van der Waals surface area contributed by atoms with Crippen molar-refractivity contribution >= 4 is 47.1 Å². The third-order valence-electron chi connectivity index (χ3n) is 5.11.